The average Bonchev–Trinajstić information content (AvgIpc) is 2.82. The largest absolute Gasteiger partial charge is 0.287 e. The zero-order chi connectivity index (χ0) is 11.9. The number of benzene rings is 1. The van der Waals surface area contributed by atoms with Gasteiger partial charge in [-0.1, -0.05) is 55.8 Å². The molecule has 0 aromatic heterocycles. The zero-order valence-corrected chi connectivity index (χ0v) is 11.3. The van der Waals surface area contributed by atoms with Gasteiger partial charge in [0.1, 0.15) is 0 Å². The van der Waals surface area contributed by atoms with E-state index in [0.717, 1.165) is 0 Å². The second-order valence-electron chi connectivity index (χ2n) is 4.42. The van der Waals surface area contributed by atoms with Crippen LogP contribution in [0.2, 0.25) is 0 Å². The molecule has 0 aliphatic carbocycles. The Morgan fingerprint density at radius 3 is 2.94 bits per heavy atom. The average molecular weight is 247 g/mol. The second kappa shape index (κ2) is 6.87. The number of rotatable bonds is 5. The van der Waals surface area contributed by atoms with E-state index in [1.54, 1.807) is 0 Å². The van der Waals surface area contributed by atoms with Crippen LogP contribution in [0.3, 0.4) is 0 Å². The number of hydrogen-bond acceptors (Lipinski definition) is 2. The molecule has 1 atom stereocenters. The van der Waals surface area contributed by atoms with Crippen LogP contribution in [0.1, 0.15) is 25.3 Å². The molecule has 0 radical (unpaired) electrons. The fourth-order valence-corrected chi connectivity index (χ4v) is 3.25. The van der Waals surface area contributed by atoms with Gasteiger partial charge in [-0.3, -0.25) is 4.90 Å². The Kier molecular flexibility index (Phi) is 5.14. The van der Waals surface area contributed by atoms with Crippen LogP contribution in [0.25, 0.3) is 6.08 Å². The lowest BCUT2D eigenvalue weighted by atomic mass is 10.2. The first-order valence-corrected chi connectivity index (χ1v) is 7.54. The Morgan fingerprint density at radius 1 is 1.35 bits per heavy atom. The molecule has 0 spiro atoms. The normalized spacial score (nSPS) is 21.4. The maximum absolute atomic E-state index is 2.59. The van der Waals surface area contributed by atoms with Crippen LogP contribution in [-0.2, 0) is 0 Å². The van der Waals surface area contributed by atoms with E-state index in [9.17, 15) is 0 Å². The third-order valence-corrected chi connectivity index (χ3v) is 4.29. The Hall–Kier alpha value is -0.730. The van der Waals surface area contributed by atoms with Crippen LogP contribution in [0, 0.1) is 0 Å². The minimum absolute atomic E-state index is 0.585. The van der Waals surface area contributed by atoms with Crippen molar-refractivity contribution < 1.29 is 0 Å². The van der Waals surface area contributed by atoms with E-state index in [4.69, 9.17) is 0 Å². The number of thioether (sulfide) groups is 1. The van der Waals surface area contributed by atoms with Gasteiger partial charge in [-0.2, -0.15) is 0 Å². The monoisotopic (exact) mass is 247 g/mol. The lowest BCUT2D eigenvalue weighted by Crippen LogP contribution is -2.27. The topological polar surface area (TPSA) is 3.24 Å². The molecule has 1 aromatic rings. The van der Waals surface area contributed by atoms with Crippen molar-refractivity contribution in [2.24, 2.45) is 0 Å². The molecule has 1 fully saturated rings. The first-order valence-electron chi connectivity index (χ1n) is 6.49. The van der Waals surface area contributed by atoms with Crippen molar-refractivity contribution in [3.63, 3.8) is 0 Å². The highest BCUT2D eigenvalue weighted by Gasteiger charge is 2.21. The van der Waals surface area contributed by atoms with E-state index in [-0.39, 0.29) is 0 Å². The molecule has 2 heteroatoms. The number of nitrogens with zero attached hydrogens (tertiary/aromatic N) is 1. The summed E-state index contributed by atoms with van der Waals surface area (Å²) in [6.45, 7) is 4.75. The van der Waals surface area contributed by atoms with Gasteiger partial charge in [0.2, 0.25) is 0 Å². The van der Waals surface area contributed by atoms with E-state index in [1.807, 2.05) is 0 Å². The summed E-state index contributed by atoms with van der Waals surface area (Å²) in [6.07, 6.45) is 7.21. The highest BCUT2D eigenvalue weighted by atomic mass is 32.2. The smallest absolute Gasteiger partial charge is 0.0748 e. The molecule has 1 aliphatic rings. The molecule has 0 amide bonds. The van der Waals surface area contributed by atoms with Crippen molar-refractivity contribution in [2.75, 3.05) is 18.8 Å². The number of hydrogen-bond donors (Lipinski definition) is 0. The van der Waals surface area contributed by atoms with Crippen LogP contribution in [0.5, 0.6) is 0 Å². The molecule has 1 heterocycles. The van der Waals surface area contributed by atoms with Crippen molar-refractivity contribution in [1.82, 2.24) is 4.90 Å². The van der Waals surface area contributed by atoms with Crippen LogP contribution >= 0.6 is 11.8 Å². The standard InChI is InChI=1S/C15H21NS/c1-2-3-11-16-12-13-17-15(16)10-9-14-7-5-4-6-8-14/h4-10,15H,2-3,11-13H2,1H3/b10-9+. The second-order valence-corrected chi connectivity index (χ2v) is 5.65. The van der Waals surface area contributed by atoms with Crippen LogP contribution in [-0.4, -0.2) is 29.1 Å². The maximum Gasteiger partial charge on any atom is 0.0748 e. The summed E-state index contributed by atoms with van der Waals surface area (Å²) < 4.78 is 0. The minimum Gasteiger partial charge on any atom is -0.287 e. The molecular formula is C15H21NS. The zero-order valence-electron chi connectivity index (χ0n) is 10.5. The molecule has 1 aromatic carbocycles. The molecule has 0 saturated carbocycles. The van der Waals surface area contributed by atoms with Crippen molar-refractivity contribution in [2.45, 2.75) is 25.1 Å². The van der Waals surface area contributed by atoms with Crippen molar-refractivity contribution in [3.8, 4) is 0 Å². The van der Waals surface area contributed by atoms with Crippen molar-refractivity contribution in [1.29, 1.82) is 0 Å². The molecule has 2 rings (SSSR count). The lowest BCUT2D eigenvalue weighted by Gasteiger charge is -2.20. The third-order valence-electron chi connectivity index (χ3n) is 3.08. The fourth-order valence-electron chi connectivity index (χ4n) is 2.06. The van der Waals surface area contributed by atoms with Crippen LogP contribution in [0.4, 0.5) is 0 Å². The molecule has 0 bridgehead atoms. The molecule has 92 valence electrons. The van der Waals surface area contributed by atoms with E-state index in [0.29, 0.717) is 5.37 Å². The highest BCUT2D eigenvalue weighted by Crippen LogP contribution is 2.25. The van der Waals surface area contributed by atoms with Gasteiger partial charge in [-0.25, -0.2) is 0 Å². The summed E-state index contributed by atoms with van der Waals surface area (Å²) in [5.41, 5.74) is 1.30. The third kappa shape index (κ3) is 3.90. The summed E-state index contributed by atoms with van der Waals surface area (Å²) in [5, 5.41) is 0.585. The minimum atomic E-state index is 0.585. The fraction of sp³-hybridized carbons (Fsp3) is 0.467. The molecular weight excluding hydrogens is 226 g/mol. The van der Waals surface area contributed by atoms with Crippen LogP contribution in [0.15, 0.2) is 36.4 Å². The summed E-state index contributed by atoms with van der Waals surface area (Å²) in [5.74, 6) is 1.27. The molecule has 17 heavy (non-hydrogen) atoms. The Balaban J connectivity index is 1.91. The van der Waals surface area contributed by atoms with Crippen molar-refractivity contribution in [3.05, 3.63) is 42.0 Å². The highest BCUT2D eigenvalue weighted by molar-refractivity contribution is 8.00. The summed E-state index contributed by atoms with van der Waals surface area (Å²) in [7, 11) is 0. The Morgan fingerprint density at radius 2 is 2.18 bits per heavy atom. The van der Waals surface area contributed by atoms with Gasteiger partial charge >= 0.3 is 0 Å². The summed E-state index contributed by atoms with van der Waals surface area (Å²) in [4.78, 5) is 2.59. The van der Waals surface area contributed by atoms with Crippen LogP contribution < -0.4 is 0 Å². The van der Waals surface area contributed by atoms with E-state index >= 15 is 0 Å². The Bertz CT molecular complexity index is 347. The van der Waals surface area contributed by atoms with Gasteiger partial charge in [-0.15, -0.1) is 11.8 Å². The summed E-state index contributed by atoms with van der Waals surface area (Å²) >= 11 is 2.06. The van der Waals surface area contributed by atoms with Gasteiger partial charge in [0, 0.05) is 12.3 Å². The first-order chi connectivity index (χ1) is 8.40. The molecule has 1 aliphatic heterocycles. The molecule has 1 nitrogen and oxygen atoms in total. The predicted octanol–water partition coefficient (Wildman–Crippen LogP) is 3.87. The first kappa shape index (κ1) is 12.7. The van der Waals surface area contributed by atoms with Gasteiger partial charge in [0.25, 0.3) is 0 Å². The SMILES string of the molecule is CCCCN1CCSC1/C=C/c1ccccc1. The van der Waals surface area contributed by atoms with Crippen molar-refractivity contribution >= 4 is 17.8 Å². The molecule has 1 saturated heterocycles. The Labute approximate surface area is 109 Å². The van der Waals surface area contributed by atoms with Gasteiger partial charge < -0.3 is 0 Å². The lowest BCUT2D eigenvalue weighted by molar-refractivity contribution is 0.311. The summed E-state index contributed by atoms with van der Waals surface area (Å²) in [6, 6.07) is 10.6. The van der Waals surface area contributed by atoms with E-state index in [2.05, 4.69) is 66.1 Å². The molecule has 0 N–H and O–H groups in total. The van der Waals surface area contributed by atoms with Gasteiger partial charge in [-0.05, 0) is 18.5 Å². The predicted molar refractivity (Wildman–Crippen MR) is 78.2 cm³/mol. The maximum atomic E-state index is 2.59. The van der Waals surface area contributed by atoms with Gasteiger partial charge in [0.15, 0.2) is 0 Å². The quantitative estimate of drug-likeness (QED) is 0.777. The van der Waals surface area contributed by atoms with E-state index in [1.165, 1.54) is 37.2 Å². The molecule has 1 unspecified atom stereocenters. The van der Waals surface area contributed by atoms with Gasteiger partial charge in [0.05, 0.1) is 5.37 Å². The van der Waals surface area contributed by atoms with E-state index < -0.39 is 0 Å². The number of unbranched alkanes of at least 4 members (excludes halogenated alkanes) is 1.